The van der Waals surface area contributed by atoms with Crippen LogP contribution in [-0.2, 0) is 6.42 Å². The first kappa shape index (κ1) is 13.4. The molecular formula is C19H20N2O. The van der Waals surface area contributed by atoms with Crippen LogP contribution in [0.1, 0.15) is 46.8 Å². The summed E-state index contributed by atoms with van der Waals surface area (Å²) >= 11 is 0. The van der Waals surface area contributed by atoms with E-state index in [0.29, 0.717) is 17.3 Å². The maximum atomic E-state index is 13.0. The lowest BCUT2D eigenvalue weighted by Crippen LogP contribution is -2.36. The van der Waals surface area contributed by atoms with Gasteiger partial charge >= 0.3 is 0 Å². The Hall–Kier alpha value is -2.29. The lowest BCUT2D eigenvalue weighted by Gasteiger charge is -2.30. The fraction of sp³-hybridized carbons (Fsp3) is 0.316. The van der Waals surface area contributed by atoms with Gasteiger partial charge in [0, 0.05) is 17.3 Å². The predicted molar refractivity (Wildman–Crippen MR) is 87.5 cm³/mol. The number of rotatable bonds is 3. The van der Waals surface area contributed by atoms with Crippen LogP contribution in [0.25, 0.3) is 0 Å². The smallest absolute Gasteiger partial charge is 0.254 e. The van der Waals surface area contributed by atoms with Crippen molar-refractivity contribution in [2.24, 2.45) is 0 Å². The monoisotopic (exact) mass is 292 g/mol. The van der Waals surface area contributed by atoms with Gasteiger partial charge in [-0.2, -0.15) is 0 Å². The lowest BCUT2D eigenvalue weighted by molar-refractivity contribution is 0.0658. The van der Waals surface area contributed by atoms with Gasteiger partial charge in [-0.3, -0.25) is 4.79 Å². The molecule has 0 aliphatic heterocycles. The Kier molecular flexibility index (Phi) is 3.14. The molecule has 0 aromatic heterocycles. The van der Waals surface area contributed by atoms with Gasteiger partial charge in [0.1, 0.15) is 0 Å². The summed E-state index contributed by atoms with van der Waals surface area (Å²) in [6.45, 7) is 0. The van der Waals surface area contributed by atoms with Crippen LogP contribution in [0, 0.1) is 0 Å². The summed E-state index contributed by atoms with van der Waals surface area (Å²) in [5, 5.41) is 0. The van der Waals surface area contributed by atoms with Gasteiger partial charge in [0.2, 0.25) is 0 Å². The lowest BCUT2D eigenvalue weighted by atomic mass is 10.0. The van der Waals surface area contributed by atoms with Crippen LogP contribution in [0.5, 0.6) is 0 Å². The van der Waals surface area contributed by atoms with Crippen molar-refractivity contribution in [3.63, 3.8) is 0 Å². The van der Waals surface area contributed by atoms with Gasteiger partial charge in [0.15, 0.2) is 0 Å². The molecule has 1 unspecified atom stereocenters. The normalized spacial score (nSPS) is 19.7. The van der Waals surface area contributed by atoms with Crippen molar-refractivity contribution in [1.29, 1.82) is 0 Å². The number of hydrogen-bond acceptors (Lipinski definition) is 2. The van der Waals surface area contributed by atoms with Gasteiger partial charge in [-0.25, -0.2) is 0 Å². The minimum atomic E-state index is 0.122. The van der Waals surface area contributed by atoms with Crippen LogP contribution in [0.2, 0.25) is 0 Å². The van der Waals surface area contributed by atoms with Crippen LogP contribution in [0.3, 0.4) is 0 Å². The number of carbonyl (C=O) groups excluding carboxylic acids is 1. The third kappa shape index (κ3) is 2.27. The molecule has 1 amide bonds. The number of nitrogen functional groups attached to an aromatic ring is 1. The molecule has 22 heavy (non-hydrogen) atoms. The molecule has 1 fully saturated rings. The number of amides is 1. The molecular weight excluding hydrogens is 272 g/mol. The van der Waals surface area contributed by atoms with E-state index in [1.54, 1.807) is 6.07 Å². The number of anilines is 1. The Balaban J connectivity index is 1.69. The zero-order valence-corrected chi connectivity index (χ0v) is 12.5. The second-order valence-corrected chi connectivity index (χ2v) is 6.32. The summed E-state index contributed by atoms with van der Waals surface area (Å²) in [6, 6.07) is 16.5. The van der Waals surface area contributed by atoms with E-state index < -0.39 is 0 Å². The first-order chi connectivity index (χ1) is 10.7. The number of nitrogens with zero attached hydrogens (tertiary/aromatic N) is 1. The molecule has 2 N–H and O–H groups in total. The molecule has 3 nitrogen and oxygen atoms in total. The van der Waals surface area contributed by atoms with E-state index in [4.69, 9.17) is 5.73 Å². The standard InChI is InChI=1S/C19H20N2O/c20-15-6-3-5-14(12-15)19(22)21(16-9-10-16)18-11-8-13-4-1-2-7-17(13)18/h1-7,12,16,18H,8-11,20H2. The van der Waals surface area contributed by atoms with Crippen LogP contribution in [-0.4, -0.2) is 16.8 Å². The first-order valence-corrected chi connectivity index (χ1v) is 8.00. The van der Waals surface area contributed by atoms with Crippen molar-refractivity contribution >= 4 is 11.6 Å². The minimum Gasteiger partial charge on any atom is -0.399 e. The van der Waals surface area contributed by atoms with E-state index in [1.807, 2.05) is 18.2 Å². The SMILES string of the molecule is Nc1cccc(C(=O)N(C2CC2)C2CCc3ccccc32)c1. The zero-order valence-electron chi connectivity index (χ0n) is 12.5. The number of hydrogen-bond donors (Lipinski definition) is 1. The van der Waals surface area contributed by atoms with E-state index >= 15 is 0 Å². The Morgan fingerprint density at radius 3 is 2.64 bits per heavy atom. The van der Waals surface area contributed by atoms with Crippen molar-refractivity contribution in [3.8, 4) is 0 Å². The summed E-state index contributed by atoms with van der Waals surface area (Å²) in [7, 11) is 0. The highest BCUT2D eigenvalue weighted by Gasteiger charge is 2.40. The average molecular weight is 292 g/mol. The van der Waals surface area contributed by atoms with Gasteiger partial charge in [0.25, 0.3) is 5.91 Å². The van der Waals surface area contributed by atoms with Gasteiger partial charge in [-0.05, 0) is 55.0 Å². The second kappa shape index (κ2) is 5.16. The van der Waals surface area contributed by atoms with E-state index in [-0.39, 0.29) is 11.9 Å². The van der Waals surface area contributed by atoms with Crippen molar-refractivity contribution < 1.29 is 4.79 Å². The molecule has 2 aromatic carbocycles. The molecule has 0 bridgehead atoms. The third-order valence-corrected chi connectivity index (χ3v) is 4.75. The zero-order chi connectivity index (χ0) is 15.1. The van der Waals surface area contributed by atoms with Gasteiger partial charge in [-0.1, -0.05) is 30.3 Å². The maximum absolute atomic E-state index is 13.0. The van der Waals surface area contributed by atoms with Crippen LogP contribution in [0.4, 0.5) is 5.69 Å². The largest absolute Gasteiger partial charge is 0.399 e. The fourth-order valence-electron chi connectivity index (χ4n) is 3.56. The highest BCUT2D eigenvalue weighted by molar-refractivity contribution is 5.95. The molecule has 112 valence electrons. The summed E-state index contributed by atoms with van der Waals surface area (Å²) < 4.78 is 0. The Bertz CT molecular complexity index is 721. The van der Waals surface area contributed by atoms with Crippen LogP contribution >= 0.6 is 0 Å². The van der Waals surface area contributed by atoms with Crippen LogP contribution < -0.4 is 5.73 Å². The fourth-order valence-corrected chi connectivity index (χ4v) is 3.56. The number of aryl methyl sites for hydroxylation is 1. The minimum absolute atomic E-state index is 0.122. The van der Waals surface area contributed by atoms with Gasteiger partial charge in [0.05, 0.1) is 6.04 Å². The molecule has 2 aliphatic carbocycles. The average Bonchev–Trinajstić information content (AvgIpc) is 3.28. The molecule has 0 heterocycles. The van der Waals surface area contributed by atoms with E-state index in [1.165, 1.54) is 11.1 Å². The number of fused-ring (bicyclic) bond motifs is 1. The molecule has 0 saturated heterocycles. The molecule has 1 atom stereocenters. The summed E-state index contributed by atoms with van der Waals surface area (Å²) in [6.07, 6.45) is 4.33. The molecule has 1 saturated carbocycles. The molecule has 4 rings (SSSR count). The number of carbonyl (C=O) groups is 1. The Morgan fingerprint density at radius 2 is 1.86 bits per heavy atom. The van der Waals surface area contributed by atoms with Crippen molar-refractivity contribution in [3.05, 3.63) is 65.2 Å². The second-order valence-electron chi connectivity index (χ2n) is 6.32. The van der Waals surface area contributed by atoms with Gasteiger partial charge in [-0.15, -0.1) is 0 Å². The number of nitrogens with two attached hydrogens (primary N) is 1. The molecule has 0 spiro atoms. The molecule has 3 heteroatoms. The number of benzene rings is 2. The molecule has 2 aromatic rings. The summed E-state index contributed by atoms with van der Waals surface area (Å²) in [5.41, 5.74) is 9.91. The molecule has 0 radical (unpaired) electrons. The summed E-state index contributed by atoms with van der Waals surface area (Å²) in [5.74, 6) is 0.122. The maximum Gasteiger partial charge on any atom is 0.254 e. The highest BCUT2D eigenvalue weighted by atomic mass is 16.2. The predicted octanol–water partition coefficient (Wildman–Crippen LogP) is 3.56. The first-order valence-electron chi connectivity index (χ1n) is 8.00. The topological polar surface area (TPSA) is 46.3 Å². The summed E-state index contributed by atoms with van der Waals surface area (Å²) in [4.78, 5) is 15.2. The Labute approximate surface area is 130 Å². The van der Waals surface area contributed by atoms with Gasteiger partial charge < -0.3 is 10.6 Å². The highest BCUT2D eigenvalue weighted by Crippen LogP contribution is 2.42. The molecule has 2 aliphatic rings. The quantitative estimate of drug-likeness (QED) is 0.879. The van der Waals surface area contributed by atoms with E-state index in [2.05, 4.69) is 29.2 Å². The third-order valence-electron chi connectivity index (χ3n) is 4.75. The van der Waals surface area contributed by atoms with Crippen LogP contribution in [0.15, 0.2) is 48.5 Å². The van der Waals surface area contributed by atoms with Crippen molar-refractivity contribution in [2.75, 3.05) is 5.73 Å². The van der Waals surface area contributed by atoms with Crippen molar-refractivity contribution in [1.82, 2.24) is 4.90 Å². The van der Waals surface area contributed by atoms with E-state index in [9.17, 15) is 4.79 Å². The van der Waals surface area contributed by atoms with E-state index in [0.717, 1.165) is 25.7 Å². The van der Waals surface area contributed by atoms with Crippen molar-refractivity contribution in [2.45, 2.75) is 37.8 Å². The Morgan fingerprint density at radius 1 is 1.05 bits per heavy atom.